The Hall–Kier alpha value is -2.10. The standard InChI is InChI=1S/C16H21N3O/c1-5-13-8-6-7-9-14(13)15-10-11-19(17-15)12(2)16(20)18(3)4/h6-12H,5H2,1-4H3. The highest BCUT2D eigenvalue weighted by molar-refractivity contribution is 5.79. The third-order valence-corrected chi connectivity index (χ3v) is 3.48. The van der Waals surface area contributed by atoms with Crippen molar-refractivity contribution in [3.8, 4) is 11.3 Å². The van der Waals surface area contributed by atoms with Gasteiger partial charge in [-0.3, -0.25) is 9.48 Å². The molecule has 0 saturated heterocycles. The van der Waals surface area contributed by atoms with Gasteiger partial charge in [-0.1, -0.05) is 31.2 Å². The van der Waals surface area contributed by atoms with Crippen molar-refractivity contribution in [3.63, 3.8) is 0 Å². The number of aromatic nitrogens is 2. The van der Waals surface area contributed by atoms with Gasteiger partial charge in [0.15, 0.2) is 0 Å². The maximum atomic E-state index is 12.0. The lowest BCUT2D eigenvalue weighted by molar-refractivity contribution is -0.131. The van der Waals surface area contributed by atoms with Crippen LogP contribution in [0, 0.1) is 0 Å². The van der Waals surface area contributed by atoms with Crippen LogP contribution in [0.5, 0.6) is 0 Å². The first-order valence-electron chi connectivity index (χ1n) is 6.89. The smallest absolute Gasteiger partial charge is 0.246 e. The van der Waals surface area contributed by atoms with Crippen LogP contribution in [0.3, 0.4) is 0 Å². The molecule has 2 aromatic rings. The minimum absolute atomic E-state index is 0.0448. The molecule has 106 valence electrons. The van der Waals surface area contributed by atoms with Crippen LogP contribution in [-0.2, 0) is 11.2 Å². The molecule has 1 aromatic carbocycles. The molecule has 0 aliphatic carbocycles. The monoisotopic (exact) mass is 271 g/mol. The van der Waals surface area contributed by atoms with Crippen LogP contribution in [0.25, 0.3) is 11.3 Å². The first kappa shape index (κ1) is 14.3. The van der Waals surface area contributed by atoms with Gasteiger partial charge in [0, 0.05) is 25.9 Å². The molecule has 4 heteroatoms. The van der Waals surface area contributed by atoms with Crippen molar-refractivity contribution in [2.24, 2.45) is 0 Å². The Labute approximate surface area is 120 Å². The molecule has 0 bridgehead atoms. The Morgan fingerprint density at radius 3 is 2.65 bits per heavy atom. The van der Waals surface area contributed by atoms with Gasteiger partial charge in [-0.2, -0.15) is 5.10 Å². The van der Waals surface area contributed by atoms with Crippen LogP contribution >= 0.6 is 0 Å². The summed E-state index contributed by atoms with van der Waals surface area (Å²) >= 11 is 0. The van der Waals surface area contributed by atoms with Gasteiger partial charge >= 0.3 is 0 Å². The largest absolute Gasteiger partial charge is 0.347 e. The van der Waals surface area contributed by atoms with Gasteiger partial charge in [-0.05, 0) is 25.0 Å². The zero-order chi connectivity index (χ0) is 14.7. The van der Waals surface area contributed by atoms with Gasteiger partial charge in [0.1, 0.15) is 6.04 Å². The third kappa shape index (κ3) is 2.74. The summed E-state index contributed by atoms with van der Waals surface area (Å²) in [5.74, 6) is 0.0448. The van der Waals surface area contributed by atoms with E-state index in [2.05, 4.69) is 24.2 Å². The summed E-state index contributed by atoms with van der Waals surface area (Å²) in [4.78, 5) is 13.6. The number of hydrogen-bond donors (Lipinski definition) is 0. The minimum atomic E-state index is -0.285. The molecule has 0 fully saturated rings. The summed E-state index contributed by atoms with van der Waals surface area (Å²) in [5, 5.41) is 4.56. The number of hydrogen-bond acceptors (Lipinski definition) is 2. The van der Waals surface area contributed by atoms with E-state index < -0.39 is 0 Å². The predicted molar refractivity (Wildman–Crippen MR) is 80.4 cm³/mol. The van der Waals surface area contributed by atoms with Crippen LogP contribution < -0.4 is 0 Å². The van der Waals surface area contributed by atoms with Crippen molar-refractivity contribution in [2.45, 2.75) is 26.3 Å². The molecule has 20 heavy (non-hydrogen) atoms. The molecule has 1 aromatic heterocycles. The Bertz CT molecular complexity index is 601. The number of carbonyl (C=O) groups excluding carboxylic acids is 1. The third-order valence-electron chi connectivity index (χ3n) is 3.48. The molecular weight excluding hydrogens is 250 g/mol. The second kappa shape index (κ2) is 5.90. The normalized spacial score (nSPS) is 12.2. The molecule has 4 nitrogen and oxygen atoms in total. The quantitative estimate of drug-likeness (QED) is 0.857. The number of aryl methyl sites for hydroxylation is 1. The van der Waals surface area contributed by atoms with Crippen LogP contribution in [-0.4, -0.2) is 34.7 Å². The average molecular weight is 271 g/mol. The topological polar surface area (TPSA) is 38.1 Å². The van der Waals surface area contributed by atoms with E-state index in [1.807, 2.05) is 31.3 Å². The average Bonchev–Trinajstić information content (AvgIpc) is 2.95. The van der Waals surface area contributed by atoms with E-state index in [-0.39, 0.29) is 11.9 Å². The van der Waals surface area contributed by atoms with Crippen molar-refractivity contribution in [3.05, 3.63) is 42.1 Å². The molecule has 0 aliphatic rings. The summed E-state index contributed by atoms with van der Waals surface area (Å²) in [5.41, 5.74) is 3.32. The lowest BCUT2D eigenvalue weighted by Crippen LogP contribution is -2.30. The molecule has 1 heterocycles. The molecule has 1 amide bonds. The van der Waals surface area contributed by atoms with E-state index >= 15 is 0 Å². The van der Waals surface area contributed by atoms with Crippen LogP contribution in [0.2, 0.25) is 0 Å². The predicted octanol–water partition coefficient (Wildman–Crippen LogP) is 2.76. The Balaban J connectivity index is 2.31. The highest BCUT2D eigenvalue weighted by Gasteiger charge is 2.18. The van der Waals surface area contributed by atoms with E-state index in [0.29, 0.717) is 0 Å². The molecule has 2 rings (SSSR count). The number of rotatable bonds is 4. The van der Waals surface area contributed by atoms with Gasteiger partial charge in [0.25, 0.3) is 0 Å². The van der Waals surface area contributed by atoms with Gasteiger partial charge in [0.05, 0.1) is 5.69 Å². The fourth-order valence-electron chi connectivity index (χ4n) is 2.26. The highest BCUT2D eigenvalue weighted by Crippen LogP contribution is 2.23. The summed E-state index contributed by atoms with van der Waals surface area (Å²) in [6.07, 6.45) is 2.84. The van der Waals surface area contributed by atoms with Gasteiger partial charge < -0.3 is 4.90 Å². The second-order valence-corrected chi connectivity index (χ2v) is 5.10. The van der Waals surface area contributed by atoms with Crippen LogP contribution in [0.1, 0.15) is 25.5 Å². The SMILES string of the molecule is CCc1ccccc1-c1ccn(C(C)C(=O)N(C)C)n1. The minimum Gasteiger partial charge on any atom is -0.347 e. The van der Waals surface area contributed by atoms with Crippen molar-refractivity contribution >= 4 is 5.91 Å². The van der Waals surface area contributed by atoms with Crippen LogP contribution in [0.15, 0.2) is 36.5 Å². The highest BCUT2D eigenvalue weighted by atomic mass is 16.2. The fourth-order valence-corrected chi connectivity index (χ4v) is 2.26. The summed E-state index contributed by atoms with van der Waals surface area (Å²) in [7, 11) is 3.52. The van der Waals surface area contributed by atoms with E-state index in [0.717, 1.165) is 17.7 Å². The lowest BCUT2D eigenvalue weighted by Gasteiger charge is -2.17. The summed E-state index contributed by atoms with van der Waals surface area (Å²) < 4.78 is 1.73. The van der Waals surface area contributed by atoms with Crippen molar-refractivity contribution < 1.29 is 4.79 Å². The maximum absolute atomic E-state index is 12.0. The van der Waals surface area contributed by atoms with Gasteiger partial charge in [-0.25, -0.2) is 0 Å². The van der Waals surface area contributed by atoms with Crippen molar-refractivity contribution in [2.75, 3.05) is 14.1 Å². The number of carbonyl (C=O) groups is 1. The molecule has 0 radical (unpaired) electrons. The maximum Gasteiger partial charge on any atom is 0.246 e. The van der Waals surface area contributed by atoms with E-state index in [1.165, 1.54) is 5.56 Å². The molecule has 0 spiro atoms. The summed E-state index contributed by atoms with van der Waals surface area (Å²) in [6, 6.07) is 9.92. The van der Waals surface area contributed by atoms with Gasteiger partial charge in [0.2, 0.25) is 5.91 Å². The fraction of sp³-hybridized carbons (Fsp3) is 0.375. The lowest BCUT2D eigenvalue weighted by atomic mass is 10.0. The second-order valence-electron chi connectivity index (χ2n) is 5.10. The van der Waals surface area contributed by atoms with Crippen LogP contribution in [0.4, 0.5) is 0 Å². The van der Waals surface area contributed by atoms with Gasteiger partial charge in [-0.15, -0.1) is 0 Å². The van der Waals surface area contributed by atoms with E-state index in [4.69, 9.17) is 0 Å². The zero-order valence-electron chi connectivity index (χ0n) is 12.5. The Kier molecular flexibility index (Phi) is 4.23. The molecule has 1 atom stereocenters. The molecular formula is C16H21N3O. The Morgan fingerprint density at radius 2 is 2.00 bits per heavy atom. The number of amides is 1. The first-order chi connectivity index (χ1) is 9.54. The molecule has 0 saturated carbocycles. The Morgan fingerprint density at radius 1 is 1.30 bits per heavy atom. The molecule has 0 N–H and O–H groups in total. The first-order valence-corrected chi connectivity index (χ1v) is 6.89. The summed E-state index contributed by atoms with van der Waals surface area (Å²) in [6.45, 7) is 4.00. The van der Waals surface area contributed by atoms with E-state index in [9.17, 15) is 4.79 Å². The van der Waals surface area contributed by atoms with E-state index in [1.54, 1.807) is 23.7 Å². The number of likely N-dealkylation sites (N-methyl/N-ethyl adjacent to an activating group) is 1. The molecule has 1 unspecified atom stereocenters. The van der Waals surface area contributed by atoms with Crippen molar-refractivity contribution in [1.29, 1.82) is 0 Å². The zero-order valence-corrected chi connectivity index (χ0v) is 12.5. The van der Waals surface area contributed by atoms with Crippen molar-refractivity contribution in [1.82, 2.24) is 14.7 Å². The number of nitrogens with zero attached hydrogens (tertiary/aromatic N) is 3. The molecule has 0 aliphatic heterocycles. The number of benzene rings is 1.